The Balaban J connectivity index is 2.41. The van der Waals surface area contributed by atoms with Gasteiger partial charge in [0.25, 0.3) is 0 Å². The van der Waals surface area contributed by atoms with E-state index in [-0.39, 0.29) is 10.9 Å². The van der Waals surface area contributed by atoms with Crippen LogP contribution in [-0.2, 0) is 13.6 Å². The molecular weight excluding hydrogens is 319 g/mol. The van der Waals surface area contributed by atoms with Crippen LogP contribution < -0.4 is 10.00 Å². The highest BCUT2D eigenvalue weighted by Gasteiger charge is 2.20. The number of thiazole rings is 1. The third-order valence-electron chi connectivity index (χ3n) is 3.79. The Labute approximate surface area is 134 Å². The van der Waals surface area contributed by atoms with Gasteiger partial charge in [0.1, 0.15) is 18.4 Å². The number of hydrogen-bond acceptors (Lipinski definition) is 3. The summed E-state index contributed by atoms with van der Waals surface area (Å²) in [5.41, 5.74) is 2.42. The maximum atomic E-state index is 14.5. The predicted octanol–water partition coefficient (Wildman–Crippen LogP) is 2.41. The Kier molecular flexibility index (Phi) is 3.73. The van der Waals surface area contributed by atoms with Gasteiger partial charge in [-0.3, -0.25) is 4.79 Å². The molecule has 0 bridgehead atoms. The molecule has 0 amide bonds. The molecule has 0 saturated heterocycles. The van der Waals surface area contributed by atoms with E-state index in [2.05, 4.69) is 0 Å². The number of aryl methyl sites for hydroxylation is 2. The Morgan fingerprint density at radius 1 is 1.43 bits per heavy atom. The molecule has 118 valence electrons. The van der Waals surface area contributed by atoms with Gasteiger partial charge in [-0.05, 0) is 19.1 Å². The van der Waals surface area contributed by atoms with Crippen LogP contribution in [0.1, 0.15) is 17.3 Å². The number of fused-ring (bicyclic) bond motifs is 1. The standard InChI is InChI=1S/C16H13FN2O3S/c1-3-19-6-11(16(21)22)15(20)10-4-12(17)9(5-13(10)19)14-7-23-8-18(14)2/h4-8H,3H2,1-2H3/p+1. The molecule has 7 heteroatoms. The second-order valence-electron chi connectivity index (χ2n) is 5.17. The first kappa shape index (κ1) is 15.4. The number of pyridine rings is 1. The average Bonchev–Trinajstić information content (AvgIpc) is 2.93. The number of carboxylic acid groups (broad SMARTS) is 1. The van der Waals surface area contributed by atoms with Crippen LogP contribution in [0.4, 0.5) is 4.39 Å². The Morgan fingerprint density at radius 3 is 2.74 bits per heavy atom. The largest absolute Gasteiger partial charge is 0.477 e. The zero-order valence-corrected chi connectivity index (χ0v) is 13.4. The van der Waals surface area contributed by atoms with Gasteiger partial charge in [0.15, 0.2) is 0 Å². The van der Waals surface area contributed by atoms with Crippen LogP contribution in [0.25, 0.3) is 22.2 Å². The molecule has 0 aliphatic carbocycles. The normalized spacial score (nSPS) is 11.1. The van der Waals surface area contributed by atoms with Crippen LogP contribution in [0.15, 0.2) is 34.0 Å². The van der Waals surface area contributed by atoms with Crippen molar-refractivity contribution in [3.8, 4) is 11.3 Å². The number of rotatable bonds is 3. The molecule has 3 aromatic rings. The van der Waals surface area contributed by atoms with Crippen molar-refractivity contribution in [3.05, 3.63) is 50.8 Å². The van der Waals surface area contributed by atoms with E-state index in [1.54, 1.807) is 15.2 Å². The summed E-state index contributed by atoms with van der Waals surface area (Å²) >= 11 is 1.44. The summed E-state index contributed by atoms with van der Waals surface area (Å²) in [6, 6.07) is 2.73. The SMILES string of the molecule is CCn1cc(C(=O)O)c(=O)c2cc(F)c(-c3csc[n+]3C)cc21. The van der Waals surface area contributed by atoms with Crippen molar-refractivity contribution in [1.82, 2.24) is 4.57 Å². The van der Waals surface area contributed by atoms with Crippen LogP contribution >= 0.6 is 11.3 Å². The van der Waals surface area contributed by atoms with Crippen molar-refractivity contribution in [2.24, 2.45) is 7.05 Å². The molecule has 0 atom stereocenters. The molecule has 0 unspecified atom stereocenters. The zero-order valence-electron chi connectivity index (χ0n) is 12.5. The summed E-state index contributed by atoms with van der Waals surface area (Å²) < 4.78 is 18.0. The Hall–Kier alpha value is -2.54. The first-order chi connectivity index (χ1) is 10.9. The average molecular weight is 333 g/mol. The minimum Gasteiger partial charge on any atom is -0.477 e. The number of carboxylic acids is 1. The van der Waals surface area contributed by atoms with Crippen LogP contribution in [0, 0.1) is 5.82 Å². The number of benzene rings is 1. The van der Waals surface area contributed by atoms with E-state index in [1.807, 2.05) is 24.9 Å². The highest BCUT2D eigenvalue weighted by Crippen LogP contribution is 2.26. The van der Waals surface area contributed by atoms with Gasteiger partial charge in [-0.2, -0.15) is 4.57 Å². The van der Waals surface area contributed by atoms with E-state index in [4.69, 9.17) is 5.11 Å². The molecule has 5 nitrogen and oxygen atoms in total. The predicted molar refractivity (Wildman–Crippen MR) is 85.3 cm³/mol. The van der Waals surface area contributed by atoms with Crippen molar-refractivity contribution in [3.63, 3.8) is 0 Å². The molecule has 0 aliphatic heterocycles. The summed E-state index contributed by atoms with van der Waals surface area (Å²) in [7, 11) is 1.82. The fourth-order valence-electron chi connectivity index (χ4n) is 2.60. The number of carbonyl (C=O) groups is 1. The van der Waals surface area contributed by atoms with Crippen molar-refractivity contribution in [2.75, 3.05) is 0 Å². The molecule has 0 saturated carbocycles. The summed E-state index contributed by atoms with van der Waals surface area (Å²) in [6.07, 6.45) is 1.31. The van der Waals surface area contributed by atoms with Crippen molar-refractivity contribution >= 4 is 28.2 Å². The van der Waals surface area contributed by atoms with E-state index in [0.29, 0.717) is 23.3 Å². The van der Waals surface area contributed by atoms with Gasteiger partial charge >= 0.3 is 5.97 Å². The summed E-state index contributed by atoms with van der Waals surface area (Å²) in [5, 5.41) is 11.0. The maximum Gasteiger partial charge on any atom is 0.341 e. The number of aromatic nitrogens is 2. The molecule has 2 heterocycles. The molecule has 0 fully saturated rings. The number of halogens is 1. The minimum absolute atomic E-state index is 0.0749. The molecule has 1 N–H and O–H groups in total. The first-order valence-corrected chi connectivity index (χ1v) is 7.90. The quantitative estimate of drug-likeness (QED) is 0.749. The van der Waals surface area contributed by atoms with E-state index in [1.165, 1.54) is 17.5 Å². The Bertz CT molecular complexity index is 991. The second-order valence-corrected chi connectivity index (χ2v) is 5.89. The molecule has 23 heavy (non-hydrogen) atoms. The van der Waals surface area contributed by atoms with Gasteiger partial charge in [-0.25, -0.2) is 9.18 Å². The summed E-state index contributed by atoms with van der Waals surface area (Å²) in [6.45, 7) is 2.31. The van der Waals surface area contributed by atoms with Gasteiger partial charge in [-0.1, -0.05) is 11.3 Å². The molecule has 0 aliphatic rings. The van der Waals surface area contributed by atoms with E-state index in [0.717, 1.165) is 6.07 Å². The highest BCUT2D eigenvalue weighted by molar-refractivity contribution is 7.07. The topological polar surface area (TPSA) is 63.2 Å². The molecule has 3 rings (SSSR count). The number of aromatic carboxylic acids is 1. The number of hydrogen-bond donors (Lipinski definition) is 1. The second kappa shape index (κ2) is 5.58. The van der Waals surface area contributed by atoms with Gasteiger partial charge in [0, 0.05) is 18.1 Å². The lowest BCUT2D eigenvalue weighted by atomic mass is 10.1. The zero-order chi connectivity index (χ0) is 16.7. The van der Waals surface area contributed by atoms with Crippen LogP contribution in [0.5, 0.6) is 0 Å². The van der Waals surface area contributed by atoms with Crippen molar-refractivity contribution in [2.45, 2.75) is 13.5 Å². The molecular formula is C16H14FN2O3S+. The lowest BCUT2D eigenvalue weighted by Crippen LogP contribution is -2.27. The van der Waals surface area contributed by atoms with Gasteiger partial charge < -0.3 is 9.67 Å². The number of nitrogens with zero attached hydrogens (tertiary/aromatic N) is 2. The van der Waals surface area contributed by atoms with Gasteiger partial charge in [0.2, 0.25) is 16.6 Å². The van der Waals surface area contributed by atoms with E-state index >= 15 is 0 Å². The van der Waals surface area contributed by atoms with Gasteiger partial charge in [0.05, 0.1) is 16.5 Å². The monoisotopic (exact) mass is 333 g/mol. The minimum atomic E-state index is -1.31. The molecule has 0 spiro atoms. The fourth-order valence-corrected chi connectivity index (χ4v) is 3.38. The lowest BCUT2D eigenvalue weighted by molar-refractivity contribution is -0.655. The maximum absolute atomic E-state index is 14.5. The summed E-state index contributed by atoms with van der Waals surface area (Å²) in [4.78, 5) is 23.5. The third-order valence-corrected chi connectivity index (χ3v) is 4.59. The fraction of sp³-hybridized carbons (Fsp3) is 0.188. The highest BCUT2D eigenvalue weighted by atomic mass is 32.1. The first-order valence-electron chi connectivity index (χ1n) is 6.96. The summed E-state index contributed by atoms with van der Waals surface area (Å²) in [5.74, 6) is -1.86. The molecule has 2 aromatic heterocycles. The molecule has 0 radical (unpaired) electrons. The lowest BCUT2D eigenvalue weighted by Gasteiger charge is -2.11. The van der Waals surface area contributed by atoms with E-state index < -0.39 is 17.2 Å². The van der Waals surface area contributed by atoms with E-state index in [9.17, 15) is 14.0 Å². The molecule has 1 aromatic carbocycles. The third kappa shape index (κ3) is 2.43. The van der Waals surface area contributed by atoms with Crippen molar-refractivity contribution < 1.29 is 18.9 Å². The van der Waals surface area contributed by atoms with Crippen LogP contribution in [0.3, 0.4) is 0 Å². The van der Waals surface area contributed by atoms with Crippen molar-refractivity contribution in [1.29, 1.82) is 0 Å². The Morgan fingerprint density at radius 2 is 2.17 bits per heavy atom. The smallest absolute Gasteiger partial charge is 0.341 e. The van der Waals surface area contributed by atoms with Crippen LogP contribution in [-0.4, -0.2) is 15.6 Å². The van der Waals surface area contributed by atoms with Crippen LogP contribution in [0.2, 0.25) is 0 Å². The van der Waals surface area contributed by atoms with Gasteiger partial charge in [-0.15, -0.1) is 0 Å².